The van der Waals surface area contributed by atoms with Crippen LogP contribution in [0.5, 0.6) is 0 Å². The average Bonchev–Trinajstić information content (AvgIpc) is 3.51. The predicted molar refractivity (Wildman–Crippen MR) is 155 cm³/mol. The fourth-order valence-corrected chi connectivity index (χ4v) is 7.49. The van der Waals surface area contributed by atoms with Gasteiger partial charge in [-0.2, -0.15) is 0 Å². The van der Waals surface area contributed by atoms with E-state index in [-0.39, 0.29) is 5.41 Å². The van der Waals surface area contributed by atoms with Crippen molar-refractivity contribution in [1.29, 1.82) is 0 Å². The van der Waals surface area contributed by atoms with Crippen LogP contribution in [0.2, 0.25) is 0 Å². The molecule has 0 amide bonds. The van der Waals surface area contributed by atoms with Gasteiger partial charge in [0, 0.05) is 41.1 Å². The van der Waals surface area contributed by atoms with Gasteiger partial charge in [0.2, 0.25) is 11.4 Å². The summed E-state index contributed by atoms with van der Waals surface area (Å²) in [5.74, 6) is 1.20. The number of aromatic nitrogens is 2. The number of nitrogens with zero attached hydrogens (tertiary/aromatic N) is 2. The molecule has 1 spiro atoms. The molecule has 3 aliphatic rings. The van der Waals surface area contributed by atoms with E-state index in [1.165, 1.54) is 85.4 Å². The first-order valence-corrected chi connectivity index (χ1v) is 14.5. The maximum absolute atomic E-state index is 6.84. The average molecular weight is 513 g/mol. The number of pyridine rings is 2. The maximum atomic E-state index is 6.84. The third kappa shape index (κ3) is 2.83. The summed E-state index contributed by atoms with van der Waals surface area (Å²) in [5.41, 5.74) is 15.1. The minimum absolute atomic E-state index is 0.0464. The van der Waals surface area contributed by atoms with E-state index in [9.17, 15) is 0 Å². The van der Waals surface area contributed by atoms with Gasteiger partial charge in [0.1, 0.15) is 28.0 Å². The van der Waals surface area contributed by atoms with Crippen LogP contribution >= 0.6 is 0 Å². The summed E-state index contributed by atoms with van der Waals surface area (Å²) in [6.07, 6.45) is 9.34. The predicted octanol–water partition coefficient (Wildman–Crippen LogP) is 7.37. The summed E-state index contributed by atoms with van der Waals surface area (Å²) in [7, 11) is 0. The highest BCUT2D eigenvalue weighted by atomic mass is 16.3. The standard InChI is InChI=1S/C36H36N2O/c1-21-11-12-27-29(17-21)36(38-20-23(3)22(2)18-30(27)38)28-14-13-26-25-9-7-8-10-32(25)39-34(26)33(28)31-19-24(35(4,5)6)15-16-37(31)36/h11-20H,7-10H2,1-6H3/q+2. The molecular formula is C36H36N2O+2. The van der Waals surface area contributed by atoms with E-state index < -0.39 is 5.66 Å². The van der Waals surface area contributed by atoms with Crippen LogP contribution < -0.4 is 9.13 Å². The van der Waals surface area contributed by atoms with E-state index in [0.717, 1.165) is 18.4 Å². The van der Waals surface area contributed by atoms with Crippen LogP contribution in [0, 0.1) is 20.8 Å². The fraction of sp³-hybridized carbons (Fsp3) is 0.333. The summed E-state index contributed by atoms with van der Waals surface area (Å²) >= 11 is 0. The Bertz CT molecular complexity index is 1880. The van der Waals surface area contributed by atoms with Gasteiger partial charge in [-0.15, -0.1) is 9.13 Å². The Morgan fingerprint density at radius 1 is 0.795 bits per heavy atom. The van der Waals surface area contributed by atoms with Gasteiger partial charge < -0.3 is 4.42 Å². The number of hydrogen-bond acceptors (Lipinski definition) is 1. The molecule has 5 aromatic rings. The second-order valence-corrected chi connectivity index (χ2v) is 13.1. The van der Waals surface area contributed by atoms with Crippen molar-refractivity contribution in [3.8, 4) is 22.5 Å². The Hall–Kier alpha value is -3.72. The van der Waals surface area contributed by atoms with Gasteiger partial charge in [0.05, 0.1) is 5.56 Å². The first kappa shape index (κ1) is 23.2. The second-order valence-electron chi connectivity index (χ2n) is 13.1. The van der Waals surface area contributed by atoms with Crippen molar-refractivity contribution >= 4 is 11.0 Å². The minimum atomic E-state index is -0.502. The normalized spacial score (nSPS) is 18.7. The number of rotatable bonds is 0. The molecule has 0 N–H and O–H groups in total. The molecule has 3 aromatic heterocycles. The number of furan rings is 1. The van der Waals surface area contributed by atoms with Crippen LogP contribution in [0.4, 0.5) is 0 Å². The van der Waals surface area contributed by atoms with Crippen LogP contribution in [0.1, 0.15) is 78.3 Å². The van der Waals surface area contributed by atoms with Crippen molar-refractivity contribution < 1.29 is 13.6 Å². The van der Waals surface area contributed by atoms with Gasteiger partial charge in [0.15, 0.2) is 12.4 Å². The number of aryl methyl sites for hydroxylation is 5. The van der Waals surface area contributed by atoms with Crippen molar-refractivity contribution in [3.63, 3.8) is 0 Å². The number of hydrogen-bond donors (Lipinski definition) is 0. The number of benzene rings is 2. The Morgan fingerprint density at radius 3 is 2.44 bits per heavy atom. The molecule has 2 aromatic carbocycles. The van der Waals surface area contributed by atoms with Gasteiger partial charge in [-0.1, -0.05) is 32.4 Å². The Morgan fingerprint density at radius 2 is 1.62 bits per heavy atom. The first-order chi connectivity index (χ1) is 18.7. The lowest BCUT2D eigenvalue weighted by Gasteiger charge is -2.20. The van der Waals surface area contributed by atoms with E-state index in [1.54, 1.807) is 0 Å². The molecular weight excluding hydrogens is 476 g/mol. The van der Waals surface area contributed by atoms with Crippen molar-refractivity contribution in [3.05, 3.63) is 106 Å². The molecule has 1 aliphatic carbocycles. The smallest absolute Gasteiger partial charge is 0.417 e. The van der Waals surface area contributed by atoms with Crippen molar-refractivity contribution in [2.75, 3.05) is 0 Å². The molecule has 0 radical (unpaired) electrons. The lowest BCUT2D eigenvalue weighted by molar-refractivity contribution is -0.955. The molecule has 1 unspecified atom stereocenters. The Balaban J connectivity index is 1.58. The quantitative estimate of drug-likeness (QED) is 0.194. The van der Waals surface area contributed by atoms with Crippen LogP contribution in [0.15, 0.2) is 65.3 Å². The highest BCUT2D eigenvalue weighted by molar-refractivity contribution is 5.97. The van der Waals surface area contributed by atoms with Gasteiger partial charge in [-0.25, -0.2) is 0 Å². The molecule has 0 bridgehead atoms. The molecule has 0 saturated carbocycles. The summed E-state index contributed by atoms with van der Waals surface area (Å²) in [6, 6.07) is 18.9. The van der Waals surface area contributed by atoms with Crippen LogP contribution in [0.3, 0.4) is 0 Å². The van der Waals surface area contributed by atoms with Crippen LogP contribution in [-0.2, 0) is 23.9 Å². The molecule has 0 saturated heterocycles. The van der Waals surface area contributed by atoms with Gasteiger partial charge >= 0.3 is 5.66 Å². The molecule has 1 atom stereocenters. The summed E-state index contributed by atoms with van der Waals surface area (Å²) in [6.45, 7) is 13.6. The second kappa shape index (κ2) is 7.47. The molecule has 3 heteroatoms. The molecule has 3 nitrogen and oxygen atoms in total. The fourth-order valence-electron chi connectivity index (χ4n) is 7.49. The molecule has 39 heavy (non-hydrogen) atoms. The SMILES string of the molecule is Cc1ccc2c(c1)C1(c3ccc4c5c(oc4c3-c3cc(C(C)(C)C)cc[n+]31)CCCC5)[n+]1cc(C)c(C)cc1-2. The molecule has 194 valence electrons. The van der Waals surface area contributed by atoms with E-state index >= 15 is 0 Å². The third-order valence-electron chi connectivity index (χ3n) is 9.66. The van der Waals surface area contributed by atoms with Crippen molar-refractivity contribution in [1.82, 2.24) is 0 Å². The van der Waals surface area contributed by atoms with Crippen molar-refractivity contribution in [2.45, 2.75) is 78.3 Å². The lowest BCUT2D eigenvalue weighted by atomic mass is 9.86. The van der Waals surface area contributed by atoms with Crippen LogP contribution in [0.25, 0.3) is 33.5 Å². The molecule has 5 heterocycles. The first-order valence-electron chi connectivity index (χ1n) is 14.5. The Labute approximate surface area is 230 Å². The summed E-state index contributed by atoms with van der Waals surface area (Å²) in [5, 5.41) is 1.31. The topological polar surface area (TPSA) is 20.9 Å². The van der Waals surface area contributed by atoms with E-state index in [1.807, 2.05) is 0 Å². The zero-order chi connectivity index (χ0) is 26.8. The van der Waals surface area contributed by atoms with Gasteiger partial charge in [-0.05, 0) is 80.8 Å². The summed E-state index contributed by atoms with van der Waals surface area (Å²) < 4.78 is 11.9. The summed E-state index contributed by atoms with van der Waals surface area (Å²) in [4.78, 5) is 0. The van der Waals surface area contributed by atoms with E-state index in [2.05, 4.69) is 112 Å². The van der Waals surface area contributed by atoms with Gasteiger partial charge in [0.25, 0.3) is 0 Å². The minimum Gasteiger partial charge on any atom is -0.460 e. The molecule has 2 aliphatic heterocycles. The lowest BCUT2D eigenvalue weighted by Crippen LogP contribution is -2.71. The maximum Gasteiger partial charge on any atom is 0.417 e. The van der Waals surface area contributed by atoms with Gasteiger partial charge in [-0.3, -0.25) is 0 Å². The van der Waals surface area contributed by atoms with E-state index in [0.29, 0.717) is 0 Å². The Kier molecular flexibility index (Phi) is 4.44. The third-order valence-corrected chi connectivity index (χ3v) is 9.66. The number of fused-ring (bicyclic) bond motifs is 14. The van der Waals surface area contributed by atoms with Crippen molar-refractivity contribution in [2.24, 2.45) is 0 Å². The zero-order valence-corrected chi connectivity index (χ0v) is 23.9. The highest BCUT2D eigenvalue weighted by Gasteiger charge is 2.67. The van der Waals surface area contributed by atoms with E-state index in [4.69, 9.17) is 4.42 Å². The zero-order valence-electron chi connectivity index (χ0n) is 23.9. The highest BCUT2D eigenvalue weighted by Crippen LogP contribution is 2.51. The van der Waals surface area contributed by atoms with Crippen LogP contribution in [-0.4, -0.2) is 0 Å². The monoisotopic (exact) mass is 512 g/mol. The molecule has 0 fully saturated rings. The largest absolute Gasteiger partial charge is 0.460 e. The molecule has 8 rings (SSSR count).